The van der Waals surface area contributed by atoms with E-state index in [1.807, 2.05) is 0 Å². The van der Waals surface area contributed by atoms with Crippen molar-refractivity contribution in [1.82, 2.24) is 9.88 Å². The first-order valence-corrected chi connectivity index (χ1v) is 11.4. The number of benzene rings is 2. The number of para-hydroxylation sites is 2. The Hall–Kier alpha value is -3.59. The Morgan fingerprint density at radius 1 is 0.903 bits per heavy atom. The normalized spacial score (nSPS) is 13.7. The molecule has 3 N–H and O–H groups in total. The Morgan fingerprint density at radius 3 is 2.26 bits per heavy atom. The second-order valence-electron chi connectivity index (χ2n) is 7.22. The van der Waals surface area contributed by atoms with Gasteiger partial charge in [-0.25, -0.2) is 8.42 Å². The van der Waals surface area contributed by atoms with Crippen molar-refractivity contribution in [3.8, 4) is 0 Å². The van der Waals surface area contributed by atoms with Crippen molar-refractivity contribution in [2.75, 3.05) is 23.1 Å². The van der Waals surface area contributed by atoms with Crippen molar-refractivity contribution < 1.29 is 18.0 Å². The molecule has 0 atom stereocenters. The Bertz CT molecular complexity index is 1200. The van der Waals surface area contributed by atoms with Crippen LogP contribution in [0.5, 0.6) is 0 Å². The molecule has 3 aromatic rings. The zero-order valence-electron chi connectivity index (χ0n) is 16.7. The number of rotatable bonds is 6. The number of carbonyl (C=O) groups is 2. The van der Waals surface area contributed by atoms with Crippen molar-refractivity contribution in [2.24, 2.45) is 0 Å². The van der Waals surface area contributed by atoms with Crippen molar-refractivity contribution in [3.05, 3.63) is 78.1 Å². The summed E-state index contributed by atoms with van der Waals surface area (Å²) in [5.41, 5.74) is 1.23. The van der Waals surface area contributed by atoms with Crippen LogP contribution in [0.25, 0.3) is 0 Å². The molecule has 0 spiro atoms. The van der Waals surface area contributed by atoms with Gasteiger partial charge in [0.05, 0.1) is 11.4 Å². The number of aromatic amines is 1. The zero-order valence-corrected chi connectivity index (χ0v) is 17.5. The Morgan fingerprint density at radius 2 is 1.55 bits per heavy atom. The molecule has 2 amide bonds. The molecule has 0 aliphatic carbocycles. The van der Waals surface area contributed by atoms with Crippen LogP contribution in [-0.4, -0.2) is 43.2 Å². The number of carbonyl (C=O) groups excluding carboxylic acids is 2. The number of hydrogen-bond acceptors (Lipinski definition) is 4. The summed E-state index contributed by atoms with van der Waals surface area (Å²) >= 11 is 0. The second kappa shape index (κ2) is 8.65. The number of sulfonamides is 1. The number of likely N-dealkylation sites (tertiary alicyclic amines) is 1. The quantitative estimate of drug-likeness (QED) is 0.548. The summed E-state index contributed by atoms with van der Waals surface area (Å²) < 4.78 is 28.3. The number of anilines is 2. The van der Waals surface area contributed by atoms with E-state index in [0.717, 1.165) is 12.8 Å². The molecule has 0 bridgehead atoms. The molecule has 2 heterocycles. The predicted octanol–water partition coefficient (Wildman–Crippen LogP) is 3.30. The van der Waals surface area contributed by atoms with Gasteiger partial charge in [0.15, 0.2) is 0 Å². The van der Waals surface area contributed by atoms with E-state index < -0.39 is 10.0 Å². The molecular weight excluding hydrogens is 416 g/mol. The fraction of sp³-hybridized carbons (Fsp3) is 0.182. The van der Waals surface area contributed by atoms with Gasteiger partial charge in [-0.2, -0.15) is 0 Å². The SMILES string of the molecule is O=C(Nc1ccccc1NS(=O)(=O)c1c[nH]c(C(=O)N2CCCC2)c1)c1ccccc1. The van der Waals surface area contributed by atoms with Crippen molar-refractivity contribution in [3.63, 3.8) is 0 Å². The smallest absolute Gasteiger partial charge is 0.270 e. The van der Waals surface area contributed by atoms with E-state index in [0.29, 0.717) is 24.3 Å². The molecule has 31 heavy (non-hydrogen) atoms. The van der Waals surface area contributed by atoms with Gasteiger partial charge >= 0.3 is 0 Å². The molecule has 1 aromatic heterocycles. The number of hydrogen-bond donors (Lipinski definition) is 3. The molecule has 1 fully saturated rings. The van der Waals surface area contributed by atoms with E-state index in [1.54, 1.807) is 59.5 Å². The largest absolute Gasteiger partial charge is 0.356 e. The summed E-state index contributed by atoms with van der Waals surface area (Å²) in [5, 5.41) is 2.73. The van der Waals surface area contributed by atoms with Crippen molar-refractivity contribution in [1.29, 1.82) is 0 Å². The lowest BCUT2D eigenvalue weighted by Gasteiger charge is -2.14. The molecule has 1 saturated heterocycles. The Labute approximate surface area is 180 Å². The van der Waals surface area contributed by atoms with E-state index in [4.69, 9.17) is 0 Å². The third-order valence-electron chi connectivity index (χ3n) is 5.05. The number of aromatic nitrogens is 1. The van der Waals surface area contributed by atoms with Crippen LogP contribution in [0.2, 0.25) is 0 Å². The first-order chi connectivity index (χ1) is 14.9. The van der Waals surface area contributed by atoms with E-state index in [-0.39, 0.29) is 28.1 Å². The van der Waals surface area contributed by atoms with Crippen LogP contribution in [0.4, 0.5) is 11.4 Å². The molecule has 160 valence electrons. The third-order valence-corrected chi connectivity index (χ3v) is 6.39. The van der Waals surface area contributed by atoms with E-state index >= 15 is 0 Å². The number of nitrogens with zero attached hydrogens (tertiary/aromatic N) is 1. The van der Waals surface area contributed by atoms with Crippen LogP contribution in [-0.2, 0) is 10.0 Å². The molecule has 8 nitrogen and oxygen atoms in total. The maximum absolute atomic E-state index is 12.9. The highest BCUT2D eigenvalue weighted by Gasteiger charge is 2.24. The van der Waals surface area contributed by atoms with Gasteiger partial charge in [0, 0.05) is 24.8 Å². The maximum atomic E-state index is 12.9. The van der Waals surface area contributed by atoms with Crippen LogP contribution in [0.3, 0.4) is 0 Å². The molecule has 0 saturated carbocycles. The minimum absolute atomic E-state index is 0.0563. The van der Waals surface area contributed by atoms with Gasteiger partial charge < -0.3 is 15.2 Å². The first-order valence-electron chi connectivity index (χ1n) is 9.90. The average Bonchev–Trinajstić information content (AvgIpc) is 3.48. The molecule has 2 aromatic carbocycles. The minimum Gasteiger partial charge on any atom is -0.356 e. The van der Waals surface area contributed by atoms with Crippen LogP contribution in [0.1, 0.15) is 33.7 Å². The monoisotopic (exact) mass is 438 g/mol. The first kappa shape index (κ1) is 20.7. The van der Waals surface area contributed by atoms with E-state index in [9.17, 15) is 18.0 Å². The van der Waals surface area contributed by atoms with Crippen LogP contribution in [0, 0.1) is 0 Å². The molecule has 4 rings (SSSR count). The highest BCUT2D eigenvalue weighted by molar-refractivity contribution is 7.92. The Balaban J connectivity index is 1.52. The van der Waals surface area contributed by atoms with Gasteiger partial charge in [-0.05, 0) is 43.2 Å². The molecular formula is C22H22N4O4S. The summed E-state index contributed by atoms with van der Waals surface area (Å²) in [4.78, 5) is 29.4. The van der Waals surface area contributed by atoms with Crippen molar-refractivity contribution >= 4 is 33.2 Å². The molecule has 9 heteroatoms. The molecule has 1 aliphatic rings. The molecule has 1 aliphatic heterocycles. The second-order valence-corrected chi connectivity index (χ2v) is 8.90. The molecule has 0 radical (unpaired) electrons. The fourth-order valence-electron chi connectivity index (χ4n) is 3.41. The topological polar surface area (TPSA) is 111 Å². The highest BCUT2D eigenvalue weighted by atomic mass is 32.2. The fourth-order valence-corrected chi connectivity index (χ4v) is 4.48. The number of nitrogens with one attached hydrogen (secondary N) is 3. The number of amides is 2. The lowest BCUT2D eigenvalue weighted by molar-refractivity contribution is 0.0787. The summed E-state index contributed by atoms with van der Waals surface area (Å²) in [6.45, 7) is 1.35. The van der Waals surface area contributed by atoms with Gasteiger partial charge in [0.1, 0.15) is 10.6 Å². The summed E-state index contributed by atoms with van der Waals surface area (Å²) in [7, 11) is -3.98. The van der Waals surface area contributed by atoms with Crippen LogP contribution in [0.15, 0.2) is 71.8 Å². The van der Waals surface area contributed by atoms with Crippen LogP contribution >= 0.6 is 0 Å². The minimum atomic E-state index is -3.98. The van der Waals surface area contributed by atoms with Gasteiger partial charge in [-0.15, -0.1) is 0 Å². The van der Waals surface area contributed by atoms with Crippen molar-refractivity contribution in [2.45, 2.75) is 17.7 Å². The summed E-state index contributed by atoms with van der Waals surface area (Å²) in [5.74, 6) is -0.568. The summed E-state index contributed by atoms with van der Waals surface area (Å²) in [6.07, 6.45) is 3.19. The predicted molar refractivity (Wildman–Crippen MR) is 118 cm³/mol. The summed E-state index contributed by atoms with van der Waals surface area (Å²) in [6, 6.07) is 16.5. The lowest BCUT2D eigenvalue weighted by Crippen LogP contribution is -2.27. The van der Waals surface area contributed by atoms with Gasteiger partial charge in [0.2, 0.25) is 0 Å². The van der Waals surface area contributed by atoms with E-state index in [1.165, 1.54) is 12.3 Å². The highest BCUT2D eigenvalue weighted by Crippen LogP contribution is 2.25. The van der Waals surface area contributed by atoms with E-state index in [2.05, 4.69) is 15.0 Å². The molecule has 0 unspecified atom stereocenters. The zero-order chi connectivity index (χ0) is 21.8. The standard InChI is InChI=1S/C22H22N4O4S/c27-21(16-8-2-1-3-9-16)24-18-10-4-5-11-19(18)25-31(29,30)17-14-20(23-15-17)22(28)26-12-6-7-13-26/h1-5,8-11,14-15,23,25H,6-7,12-13H2,(H,24,27). The average molecular weight is 439 g/mol. The number of H-pyrrole nitrogens is 1. The Kier molecular flexibility index (Phi) is 5.77. The third kappa shape index (κ3) is 4.61. The van der Waals surface area contributed by atoms with Gasteiger partial charge in [-0.3, -0.25) is 14.3 Å². The van der Waals surface area contributed by atoms with Crippen LogP contribution < -0.4 is 10.0 Å². The van der Waals surface area contributed by atoms with Gasteiger partial charge in [0.25, 0.3) is 21.8 Å². The lowest BCUT2D eigenvalue weighted by atomic mass is 10.2. The van der Waals surface area contributed by atoms with Gasteiger partial charge in [-0.1, -0.05) is 30.3 Å². The maximum Gasteiger partial charge on any atom is 0.270 e.